The largest absolute Gasteiger partial charge is 0.368 e. The van der Waals surface area contributed by atoms with Gasteiger partial charge in [-0.3, -0.25) is 0 Å². The number of hydrogen-bond acceptors (Lipinski definition) is 2. The number of amides is 2. The van der Waals surface area contributed by atoms with E-state index in [1.165, 1.54) is 10.5 Å². The lowest BCUT2D eigenvalue weighted by Crippen LogP contribution is -2.50. The maximum Gasteiger partial charge on any atom is 0.322 e. The van der Waals surface area contributed by atoms with E-state index in [2.05, 4.69) is 29.3 Å². The maximum absolute atomic E-state index is 13.7. The summed E-state index contributed by atoms with van der Waals surface area (Å²) in [4.78, 5) is 16.0. The molecule has 0 atom stereocenters. The summed E-state index contributed by atoms with van der Waals surface area (Å²) in [5.74, 6) is -4.28. The molecule has 1 N–H and O–H groups in total. The number of halogens is 3. The van der Waals surface area contributed by atoms with E-state index < -0.39 is 23.5 Å². The first kappa shape index (κ1) is 18.1. The Morgan fingerprint density at radius 3 is 2.38 bits per heavy atom. The minimum atomic E-state index is -1.59. The van der Waals surface area contributed by atoms with Crippen molar-refractivity contribution in [3.63, 3.8) is 0 Å². The molecule has 1 heterocycles. The smallest absolute Gasteiger partial charge is 0.322 e. The van der Waals surface area contributed by atoms with E-state index >= 15 is 0 Å². The van der Waals surface area contributed by atoms with Gasteiger partial charge in [-0.25, -0.2) is 18.0 Å². The zero-order chi connectivity index (χ0) is 18.7. The monoisotopic (exact) mass is 363 g/mol. The number of urea groups is 1. The molecule has 1 fully saturated rings. The molecule has 138 valence electrons. The van der Waals surface area contributed by atoms with Gasteiger partial charge in [-0.05, 0) is 30.2 Å². The van der Waals surface area contributed by atoms with Crippen molar-refractivity contribution in [2.75, 3.05) is 36.4 Å². The van der Waals surface area contributed by atoms with Crippen LogP contribution in [-0.4, -0.2) is 37.1 Å². The van der Waals surface area contributed by atoms with Gasteiger partial charge >= 0.3 is 6.03 Å². The molecule has 0 spiro atoms. The lowest BCUT2D eigenvalue weighted by molar-refractivity contribution is 0.208. The molecule has 0 aromatic heterocycles. The van der Waals surface area contributed by atoms with Crippen molar-refractivity contribution < 1.29 is 18.0 Å². The first-order chi connectivity index (χ1) is 12.5. The van der Waals surface area contributed by atoms with Crippen LogP contribution in [0.5, 0.6) is 0 Å². The van der Waals surface area contributed by atoms with E-state index in [9.17, 15) is 18.0 Å². The van der Waals surface area contributed by atoms with Crippen molar-refractivity contribution in [1.29, 1.82) is 0 Å². The second-order valence-corrected chi connectivity index (χ2v) is 6.11. The van der Waals surface area contributed by atoms with Crippen LogP contribution in [0.2, 0.25) is 0 Å². The van der Waals surface area contributed by atoms with Gasteiger partial charge in [0.1, 0.15) is 0 Å². The number of nitrogens with zero attached hydrogens (tertiary/aromatic N) is 2. The fourth-order valence-electron chi connectivity index (χ4n) is 3.09. The standard InChI is InChI=1S/C19H20F3N3O/c1-2-13-5-3-4-6-16(13)24-9-11-25(12-10-24)19(26)23-15-8-7-14(20)17(21)18(15)22/h3-8H,2,9-12H2,1H3,(H,23,26). The lowest BCUT2D eigenvalue weighted by Gasteiger charge is -2.37. The number of hydrogen-bond donors (Lipinski definition) is 1. The quantitative estimate of drug-likeness (QED) is 0.836. The van der Waals surface area contributed by atoms with E-state index in [1.807, 2.05) is 12.1 Å². The van der Waals surface area contributed by atoms with Crippen LogP contribution in [0, 0.1) is 17.5 Å². The van der Waals surface area contributed by atoms with E-state index in [0.717, 1.165) is 24.2 Å². The Morgan fingerprint density at radius 1 is 1.00 bits per heavy atom. The van der Waals surface area contributed by atoms with Crippen molar-refractivity contribution in [2.24, 2.45) is 0 Å². The van der Waals surface area contributed by atoms with Crippen LogP contribution in [0.3, 0.4) is 0 Å². The van der Waals surface area contributed by atoms with Crippen molar-refractivity contribution in [3.05, 3.63) is 59.4 Å². The number of piperazine rings is 1. The molecular weight excluding hydrogens is 343 g/mol. The maximum atomic E-state index is 13.7. The van der Waals surface area contributed by atoms with Crippen LogP contribution in [0.4, 0.5) is 29.3 Å². The first-order valence-electron chi connectivity index (χ1n) is 8.53. The fraction of sp³-hybridized carbons (Fsp3) is 0.316. The van der Waals surface area contributed by atoms with Gasteiger partial charge in [0, 0.05) is 31.9 Å². The normalized spacial score (nSPS) is 14.5. The molecule has 3 rings (SSSR count). The predicted molar refractivity (Wildman–Crippen MR) is 94.9 cm³/mol. The van der Waals surface area contributed by atoms with Crippen LogP contribution in [0.15, 0.2) is 36.4 Å². The molecule has 0 bridgehead atoms. The summed E-state index contributed by atoms with van der Waals surface area (Å²) in [6.45, 7) is 4.29. The molecule has 4 nitrogen and oxygen atoms in total. The molecule has 0 saturated carbocycles. The Morgan fingerprint density at radius 2 is 1.69 bits per heavy atom. The first-order valence-corrected chi connectivity index (χ1v) is 8.53. The molecule has 1 aliphatic rings. The molecule has 0 aliphatic carbocycles. The van der Waals surface area contributed by atoms with Gasteiger partial charge in [-0.2, -0.15) is 0 Å². The van der Waals surface area contributed by atoms with E-state index in [-0.39, 0.29) is 5.69 Å². The SMILES string of the molecule is CCc1ccccc1N1CCN(C(=O)Nc2ccc(F)c(F)c2F)CC1. The average molecular weight is 363 g/mol. The Bertz CT molecular complexity index is 805. The highest BCUT2D eigenvalue weighted by Crippen LogP contribution is 2.23. The van der Waals surface area contributed by atoms with Crippen LogP contribution in [0.1, 0.15) is 12.5 Å². The minimum Gasteiger partial charge on any atom is -0.368 e. The molecule has 0 unspecified atom stereocenters. The Hall–Kier alpha value is -2.70. The van der Waals surface area contributed by atoms with Crippen molar-refractivity contribution in [1.82, 2.24) is 4.90 Å². The molecule has 2 aromatic rings. The van der Waals surface area contributed by atoms with Crippen molar-refractivity contribution in [3.8, 4) is 0 Å². The molecule has 2 amide bonds. The molecule has 1 aliphatic heterocycles. The van der Waals surface area contributed by atoms with Crippen LogP contribution in [0.25, 0.3) is 0 Å². The van der Waals surface area contributed by atoms with Crippen LogP contribution in [-0.2, 0) is 6.42 Å². The topological polar surface area (TPSA) is 35.6 Å². The highest BCUT2D eigenvalue weighted by molar-refractivity contribution is 5.89. The number of nitrogens with one attached hydrogen (secondary N) is 1. The average Bonchev–Trinajstić information content (AvgIpc) is 2.68. The van der Waals surface area contributed by atoms with Crippen molar-refractivity contribution >= 4 is 17.4 Å². The third kappa shape index (κ3) is 3.61. The summed E-state index contributed by atoms with van der Waals surface area (Å²) in [7, 11) is 0. The summed E-state index contributed by atoms with van der Waals surface area (Å²) in [6, 6.07) is 9.40. The highest BCUT2D eigenvalue weighted by Gasteiger charge is 2.24. The number of benzene rings is 2. The molecule has 0 radical (unpaired) electrons. The van der Waals surface area contributed by atoms with Gasteiger partial charge in [0.05, 0.1) is 5.69 Å². The summed E-state index contributed by atoms with van der Waals surface area (Å²) in [6.07, 6.45) is 0.923. The highest BCUT2D eigenvalue weighted by atomic mass is 19.2. The fourth-order valence-corrected chi connectivity index (χ4v) is 3.09. The Labute approximate surface area is 150 Å². The number of anilines is 2. The van der Waals surface area contributed by atoms with Crippen molar-refractivity contribution in [2.45, 2.75) is 13.3 Å². The summed E-state index contributed by atoms with van der Waals surface area (Å²) < 4.78 is 39.9. The second kappa shape index (κ2) is 7.68. The van der Waals surface area contributed by atoms with Gasteiger partial charge in [0.25, 0.3) is 0 Å². The van der Waals surface area contributed by atoms with E-state index in [1.54, 1.807) is 0 Å². The number of carbonyl (C=O) groups excluding carboxylic acids is 1. The van der Waals surface area contributed by atoms with Crippen LogP contribution < -0.4 is 10.2 Å². The molecule has 1 saturated heterocycles. The van der Waals surface area contributed by atoms with Gasteiger partial charge in [0.15, 0.2) is 17.5 Å². The lowest BCUT2D eigenvalue weighted by atomic mass is 10.1. The zero-order valence-corrected chi connectivity index (χ0v) is 14.4. The third-order valence-electron chi connectivity index (χ3n) is 4.56. The number of aryl methyl sites for hydroxylation is 1. The summed E-state index contributed by atoms with van der Waals surface area (Å²) >= 11 is 0. The van der Waals surface area contributed by atoms with Gasteiger partial charge in [-0.15, -0.1) is 0 Å². The number of rotatable bonds is 3. The Kier molecular flexibility index (Phi) is 5.35. The Balaban J connectivity index is 1.63. The molecule has 7 heteroatoms. The summed E-state index contributed by atoms with van der Waals surface area (Å²) in [5.41, 5.74) is 2.03. The minimum absolute atomic E-state index is 0.368. The summed E-state index contributed by atoms with van der Waals surface area (Å²) in [5, 5.41) is 2.31. The number of carbonyl (C=O) groups is 1. The molecule has 26 heavy (non-hydrogen) atoms. The molecule has 2 aromatic carbocycles. The third-order valence-corrected chi connectivity index (χ3v) is 4.56. The second-order valence-electron chi connectivity index (χ2n) is 6.11. The van der Waals surface area contributed by atoms with E-state index in [0.29, 0.717) is 26.2 Å². The van der Waals surface area contributed by atoms with Crippen LogP contribution >= 0.6 is 0 Å². The zero-order valence-electron chi connectivity index (χ0n) is 14.4. The van der Waals surface area contributed by atoms with Gasteiger partial charge in [0.2, 0.25) is 0 Å². The molecular formula is C19H20F3N3O. The van der Waals surface area contributed by atoms with Gasteiger partial charge < -0.3 is 15.1 Å². The number of para-hydroxylation sites is 1. The van der Waals surface area contributed by atoms with Gasteiger partial charge in [-0.1, -0.05) is 25.1 Å². The van der Waals surface area contributed by atoms with E-state index in [4.69, 9.17) is 0 Å². The predicted octanol–water partition coefficient (Wildman–Crippen LogP) is 4.02.